The van der Waals surface area contributed by atoms with E-state index in [0.717, 1.165) is 0 Å². The van der Waals surface area contributed by atoms with Crippen molar-refractivity contribution in [3.63, 3.8) is 0 Å². The van der Waals surface area contributed by atoms with Gasteiger partial charge < -0.3 is 21.3 Å². The Morgan fingerprint density at radius 2 is 2.06 bits per heavy atom. The fourth-order valence-corrected chi connectivity index (χ4v) is 1.27. The molecule has 0 heterocycles. The first-order chi connectivity index (χ1) is 7.49. The maximum Gasteiger partial charge on any atom is 0.163 e. The molecule has 4 nitrogen and oxygen atoms in total. The van der Waals surface area contributed by atoms with Crippen molar-refractivity contribution in [1.82, 2.24) is 5.32 Å². The lowest BCUT2D eigenvalue weighted by Crippen LogP contribution is -2.30. The molecular weight excluding hydrogens is 248 g/mol. The summed E-state index contributed by atoms with van der Waals surface area (Å²) in [5.74, 6) is 0.0345. The molecule has 1 aliphatic rings. The van der Waals surface area contributed by atoms with Crippen molar-refractivity contribution in [2.45, 2.75) is 18.9 Å². The zero-order chi connectivity index (χ0) is 12.1. The molecule has 0 amide bonds. The standard InChI is InChI=1S/C6H5ClO2.C4H8N2S/c7-5-3-4(8)1-2-6(5)9;5-4(7)6-3-1-2-3/h1-3,8-9H;3H,1-2H2,(H3,5,6,7). The number of halogens is 1. The Bertz CT molecular complexity index is 383. The number of phenols is 2. The average molecular weight is 261 g/mol. The molecule has 0 aromatic heterocycles. The zero-order valence-electron chi connectivity index (χ0n) is 8.48. The number of nitrogens with one attached hydrogen (secondary N) is 1. The summed E-state index contributed by atoms with van der Waals surface area (Å²) in [5.41, 5.74) is 5.15. The lowest BCUT2D eigenvalue weighted by atomic mass is 10.3. The minimum absolute atomic E-state index is 0.0190. The molecule has 88 valence electrons. The average Bonchev–Trinajstić information content (AvgIpc) is 2.96. The maximum absolute atomic E-state index is 8.80. The van der Waals surface area contributed by atoms with E-state index >= 15 is 0 Å². The Morgan fingerprint density at radius 1 is 1.44 bits per heavy atom. The summed E-state index contributed by atoms with van der Waals surface area (Å²) in [6.45, 7) is 0. The van der Waals surface area contributed by atoms with Gasteiger partial charge in [0.15, 0.2) is 5.11 Å². The number of hydrogen-bond donors (Lipinski definition) is 4. The van der Waals surface area contributed by atoms with E-state index in [1.165, 1.54) is 31.0 Å². The quantitative estimate of drug-likeness (QED) is 0.457. The molecular formula is C10H13ClN2O2S. The van der Waals surface area contributed by atoms with E-state index in [4.69, 9.17) is 27.5 Å². The van der Waals surface area contributed by atoms with Crippen LogP contribution in [-0.2, 0) is 0 Å². The first kappa shape index (κ1) is 12.9. The fraction of sp³-hybridized carbons (Fsp3) is 0.300. The van der Waals surface area contributed by atoms with E-state index < -0.39 is 0 Å². The van der Waals surface area contributed by atoms with Crippen LogP contribution < -0.4 is 11.1 Å². The van der Waals surface area contributed by atoms with Gasteiger partial charge in [-0.25, -0.2) is 0 Å². The lowest BCUT2D eigenvalue weighted by Gasteiger charge is -1.95. The van der Waals surface area contributed by atoms with Gasteiger partial charge in [-0.15, -0.1) is 0 Å². The highest BCUT2D eigenvalue weighted by molar-refractivity contribution is 7.80. The monoisotopic (exact) mass is 260 g/mol. The summed E-state index contributed by atoms with van der Waals surface area (Å²) in [7, 11) is 0. The van der Waals surface area contributed by atoms with Crippen LogP contribution in [0.1, 0.15) is 12.8 Å². The fourth-order valence-electron chi connectivity index (χ4n) is 0.925. The van der Waals surface area contributed by atoms with Gasteiger partial charge in [0, 0.05) is 12.1 Å². The van der Waals surface area contributed by atoms with Crippen LogP contribution >= 0.6 is 23.8 Å². The second-order valence-corrected chi connectivity index (χ2v) is 4.27. The van der Waals surface area contributed by atoms with Gasteiger partial charge in [0.1, 0.15) is 11.5 Å². The predicted octanol–water partition coefficient (Wildman–Crippen LogP) is 1.73. The summed E-state index contributed by atoms with van der Waals surface area (Å²) in [6, 6.07) is 4.58. The van der Waals surface area contributed by atoms with Crippen LogP contribution in [0.4, 0.5) is 0 Å². The van der Waals surface area contributed by atoms with Gasteiger partial charge in [0.05, 0.1) is 5.02 Å². The molecule has 1 aliphatic carbocycles. The highest BCUT2D eigenvalue weighted by Gasteiger charge is 2.20. The molecule has 1 saturated carbocycles. The Morgan fingerprint density at radius 3 is 2.38 bits per heavy atom. The van der Waals surface area contributed by atoms with Crippen LogP contribution in [0.25, 0.3) is 0 Å². The Labute approximate surface area is 104 Å². The SMILES string of the molecule is NC(=S)NC1CC1.Oc1ccc(O)c(Cl)c1. The second kappa shape index (κ2) is 5.77. The van der Waals surface area contributed by atoms with Crippen molar-refractivity contribution in [1.29, 1.82) is 0 Å². The summed E-state index contributed by atoms with van der Waals surface area (Å²) in [4.78, 5) is 0. The molecule has 1 aromatic carbocycles. The van der Waals surface area contributed by atoms with E-state index in [9.17, 15) is 0 Å². The van der Waals surface area contributed by atoms with Crippen molar-refractivity contribution < 1.29 is 10.2 Å². The molecule has 0 saturated heterocycles. The van der Waals surface area contributed by atoms with E-state index in [2.05, 4.69) is 17.5 Å². The second-order valence-electron chi connectivity index (χ2n) is 3.42. The zero-order valence-corrected chi connectivity index (χ0v) is 10.1. The molecule has 0 atom stereocenters. The molecule has 5 N–H and O–H groups in total. The summed E-state index contributed by atoms with van der Waals surface area (Å²) in [6.07, 6.45) is 2.47. The molecule has 0 aliphatic heterocycles. The van der Waals surface area contributed by atoms with E-state index in [0.29, 0.717) is 11.2 Å². The van der Waals surface area contributed by atoms with Gasteiger partial charge in [-0.2, -0.15) is 0 Å². The predicted molar refractivity (Wildman–Crippen MR) is 67.7 cm³/mol. The number of benzene rings is 1. The van der Waals surface area contributed by atoms with Crippen molar-refractivity contribution in [2.75, 3.05) is 0 Å². The van der Waals surface area contributed by atoms with Crippen LogP contribution in [-0.4, -0.2) is 21.4 Å². The highest BCUT2D eigenvalue weighted by Crippen LogP contribution is 2.26. The van der Waals surface area contributed by atoms with E-state index in [1.54, 1.807) is 0 Å². The molecule has 1 fully saturated rings. The van der Waals surface area contributed by atoms with Crippen LogP contribution in [0.15, 0.2) is 18.2 Å². The third-order valence-corrected chi connectivity index (χ3v) is 2.28. The minimum atomic E-state index is -0.0190. The first-order valence-electron chi connectivity index (χ1n) is 4.72. The normalized spacial score (nSPS) is 13.6. The number of thiocarbonyl (C=S) groups is 1. The summed E-state index contributed by atoms with van der Waals surface area (Å²) < 4.78 is 0. The van der Waals surface area contributed by atoms with Crippen molar-refractivity contribution in [3.05, 3.63) is 23.2 Å². The van der Waals surface area contributed by atoms with E-state index in [1.807, 2.05) is 0 Å². The van der Waals surface area contributed by atoms with Gasteiger partial charge in [-0.05, 0) is 37.2 Å². The van der Waals surface area contributed by atoms with Gasteiger partial charge in [0.2, 0.25) is 0 Å². The molecule has 0 bridgehead atoms. The lowest BCUT2D eigenvalue weighted by molar-refractivity contribution is 0.460. The molecule has 6 heteroatoms. The topological polar surface area (TPSA) is 78.5 Å². The largest absolute Gasteiger partial charge is 0.508 e. The van der Waals surface area contributed by atoms with E-state index in [-0.39, 0.29) is 16.5 Å². The van der Waals surface area contributed by atoms with Crippen LogP contribution in [0.2, 0.25) is 5.02 Å². The molecule has 16 heavy (non-hydrogen) atoms. The summed E-state index contributed by atoms with van der Waals surface area (Å²) >= 11 is 9.98. The highest BCUT2D eigenvalue weighted by atomic mass is 35.5. The maximum atomic E-state index is 8.80. The van der Waals surface area contributed by atoms with Gasteiger partial charge in [0.25, 0.3) is 0 Å². The molecule has 2 rings (SSSR count). The Balaban J connectivity index is 0.000000165. The number of nitrogens with two attached hydrogens (primary N) is 1. The van der Waals surface area contributed by atoms with Crippen LogP contribution in [0.5, 0.6) is 11.5 Å². The van der Waals surface area contributed by atoms with Crippen molar-refractivity contribution >= 4 is 28.9 Å². The third kappa shape index (κ3) is 5.04. The van der Waals surface area contributed by atoms with Gasteiger partial charge in [-0.3, -0.25) is 0 Å². The smallest absolute Gasteiger partial charge is 0.163 e. The van der Waals surface area contributed by atoms with Crippen molar-refractivity contribution in [3.8, 4) is 11.5 Å². The van der Waals surface area contributed by atoms with Crippen molar-refractivity contribution in [2.24, 2.45) is 5.73 Å². The number of rotatable bonds is 1. The first-order valence-corrected chi connectivity index (χ1v) is 5.51. The number of aromatic hydroxyl groups is 2. The number of hydrogen-bond acceptors (Lipinski definition) is 3. The Kier molecular flexibility index (Phi) is 4.64. The Hall–Kier alpha value is -1.20. The molecule has 0 radical (unpaired) electrons. The van der Waals surface area contributed by atoms with Gasteiger partial charge >= 0.3 is 0 Å². The minimum Gasteiger partial charge on any atom is -0.508 e. The molecule has 0 unspecified atom stereocenters. The third-order valence-electron chi connectivity index (χ3n) is 1.85. The van der Waals surface area contributed by atoms with Gasteiger partial charge in [-0.1, -0.05) is 11.6 Å². The van der Waals surface area contributed by atoms with Crippen LogP contribution in [0.3, 0.4) is 0 Å². The molecule has 0 spiro atoms. The number of phenolic OH excluding ortho intramolecular Hbond substituents is 2. The molecule has 1 aromatic rings. The van der Waals surface area contributed by atoms with Crippen LogP contribution in [0, 0.1) is 0 Å². The summed E-state index contributed by atoms with van der Waals surface area (Å²) in [5, 5.41) is 21.1.